The van der Waals surface area contributed by atoms with E-state index in [1.54, 1.807) is 7.05 Å². The van der Waals surface area contributed by atoms with Gasteiger partial charge in [-0.25, -0.2) is 12.7 Å². The number of rotatable bonds is 10. The number of benzene rings is 2. The molecule has 0 fully saturated rings. The molecule has 0 saturated heterocycles. The van der Waals surface area contributed by atoms with E-state index in [1.807, 2.05) is 36.6 Å². The molecule has 0 atom stereocenters. The van der Waals surface area contributed by atoms with Crippen LogP contribution in [0.3, 0.4) is 0 Å². The van der Waals surface area contributed by atoms with Crippen molar-refractivity contribution < 1.29 is 17.9 Å². The molecule has 0 spiro atoms. The second kappa shape index (κ2) is 11.1. The Bertz CT molecular complexity index is 1280. The highest BCUT2D eigenvalue weighted by Gasteiger charge is 2.20. The number of thiazole rings is 1. The monoisotopic (exact) mass is 489 g/mol. The third-order valence-electron chi connectivity index (χ3n) is 5.25. The fraction of sp³-hybridized carbons (Fsp3) is 0.417. The average molecular weight is 490 g/mol. The van der Waals surface area contributed by atoms with Gasteiger partial charge in [0.2, 0.25) is 10.0 Å². The van der Waals surface area contributed by atoms with Crippen molar-refractivity contribution in [3.05, 3.63) is 52.8 Å². The van der Waals surface area contributed by atoms with Gasteiger partial charge < -0.3 is 9.30 Å². The van der Waals surface area contributed by atoms with Gasteiger partial charge in [0.25, 0.3) is 5.91 Å². The van der Waals surface area contributed by atoms with Gasteiger partial charge in [0.15, 0.2) is 4.80 Å². The molecule has 178 valence electrons. The standard InChI is InChI=1S/C24H31N3O4S2/c1-5-8-16-26(4)33(29,30)20-12-9-18(10-13-20)23(28)25-24-27(15-6-2)21-14-11-19(31-7-3)17-22(21)32-24/h9-14,17H,5-8,15-16H2,1-4H3. The molecule has 1 amide bonds. The predicted octanol–water partition coefficient (Wildman–Crippen LogP) is 4.67. The Balaban J connectivity index is 1.92. The Morgan fingerprint density at radius 1 is 1.09 bits per heavy atom. The van der Waals surface area contributed by atoms with E-state index in [9.17, 15) is 13.2 Å². The molecule has 0 N–H and O–H groups in total. The molecule has 9 heteroatoms. The fourth-order valence-corrected chi connectivity index (χ4v) is 5.73. The zero-order valence-electron chi connectivity index (χ0n) is 19.6. The zero-order chi connectivity index (χ0) is 24.0. The lowest BCUT2D eigenvalue weighted by molar-refractivity contribution is 0.0997. The quantitative estimate of drug-likeness (QED) is 0.414. The van der Waals surface area contributed by atoms with Gasteiger partial charge in [-0.1, -0.05) is 31.6 Å². The first-order chi connectivity index (χ1) is 15.8. The Kier molecular flexibility index (Phi) is 8.45. The summed E-state index contributed by atoms with van der Waals surface area (Å²) >= 11 is 1.44. The summed E-state index contributed by atoms with van der Waals surface area (Å²) < 4.78 is 35.4. The van der Waals surface area contributed by atoms with Crippen LogP contribution in [0.4, 0.5) is 0 Å². The number of aromatic nitrogens is 1. The molecule has 0 unspecified atom stereocenters. The minimum absolute atomic E-state index is 0.170. The molecule has 0 aliphatic heterocycles. The number of hydrogen-bond acceptors (Lipinski definition) is 5. The number of carbonyl (C=O) groups excluding carboxylic acids is 1. The normalized spacial score (nSPS) is 12.6. The van der Waals surface area contributed by atoms with Crippen LogP contribution >= 0.6 is 11.3 Å². The maximum Gasteiger partial charge on any atom is 0.279 e. The van der Waals surface area contributed by atoms with Gasteiger partial charge in [-0.05, 0) is 62.2 Å². The highest BCUT2D eigenvalue weighted by atomic mass is 32.2. The summed E-state index contributed by atoms with van der Waals surface area (Å²) in [5.74, 6) is 0.383. The number of amides is 1. The van der Waals surface area contributed by atoms with E-state index in [0.29, 0.717) is 23.5 Å². The molecule has 33 heavy (non-hydrogen) atoms. The second-order valence-electron chi connectivity index (χ2n) is 7.72. The molecule has 0 bridgehead atoms. The lowest BCUT2D eigenvalue weighted by Crippen LogP contribution is -2.27. The number of carbonyl (C=O) groups is 1. The van der Waals surface area contributed by atoms with Gasteiger partial charge in [-0.2, -0.15) is 4.99 Å². The maximum absolute atomic E-state index is 12.9. The third-order valence-corrected chi connectivity index (χ3v) is 8.16. The lowest BCUT2D eigenvalue weighted by atomic mass is 10.2. The van der Waals surface area contributed by atoms with Crippen LogP contribution in [-0.2, 0) is 16.6 Å². The molecule has 1 aromatic heterocycles. The van der Waals surface area contributed by atoms with Crippen LogP contribution in [0.15, 0.2) is 52.4 Å². The van der Waals surface area contributed by atoms with Gasteiger partial charge in [-0.3, -0.25) is 4.79 Å². The molecule has 0 aliphatic rings. The number of hydrogen-bond donors (Lipinski definition) is 0. The Morgan fingerprint density at radius 2 is 1.82 bits per heavy atom. The molecule has 0 radical (unpaired) electrons. The smallest absolute Gasteiger partial charge is 0.279 e. The first kappa shape index (κ1) is 25.1. The number of fused-ring (bicyclic) bond motifs is 1. The molecule has 1 heterocycles. The largest absolute Gasteiger partial charge is 0.494 e. The summed E-state index contributed by atoms with van der Waals surface area (Å²) in [5, 5.41) is 0. The topological polar surface area (TPSA) is 81.0 Å². The Labute approximate surface area is 199 Å². The number of nitrogens with zero attached hydrogens (tertiary/aromatic N) is 3. The van der Waals surface area contributed by atoms with Crippen LogP contribution in [0.5, 0.6) is 5.75 Å². The molecular weight excluding hydrogens is 458 g/mol. The zero-order valence-corrected chi connectivity index (χ0v) is 21.2. The van der Waals surface area contributed by atoms with E-state index >= 15 is 0 Å². The fourth-order valence-electron chi connectivity index (χ4n) is 3.44. The van der Waals surface area contributed by atoms with Crippen LogP contribution in [-0.4, -0.2) is 43.4 Å². The highest BCUT2D eigenvalue weighted by Crippen LogP contribution is 2.24. The molecule has 2 aromatic carbocycles. The van der Waals surface area contributed by atoms with E-state index in [0.717, 1.165) is 41.8 Å². The van der Waals surface area contributed by atoms with Crippen molar-refractivity contribution >= 4 is 37.5 Å². The van der Waals surface area contributed by atoms with Crippen molar-refractivity contribution in [2.45, 2.75) is 51.5 Å². The van der Waals surface area contributed by atoms with E-state index in [1.165, 1.54) is 39.9 Å². The molecular formula is C24H31N3O4S2. The van der Waals surface area contributed by atoms with E-state index in [-0.39, 0.29) is 4.90 Å². The number of sulfonamides is 1. The van der Waals surface area contributed by atoms with Gasteiger partial charge >= 0.3 is 0 Å². The van der Waals surface area contributed by atoms with E-state index < -0.39 is 15.9 Å². The second-order valence-corrected chi connectivity index (χ2v) is 10.8. The van der Waals surface area contributed by atoms with Gasteiger partial charge in [-0.15, -0.1) is 0 Å². The summed E-state index contributed by atoms with van der Waals surface area (Å²) in [7, 11) is -2.00. The summed E-state index contributed by atoms with van der Waals surface area (Å²) in [4.78, 5) is 18.0. The summed E-state index contributed by atoms with van der Waals surface area (Å²) in [6.07, 6.45) is 2.61. The first-order valence-electron chi connectivity index (χ1n) is 11.2. The lowest BCUT2D eigenvalue weighted by Gasteiger charge is -2.16. The minimum atomic E-state index is -3.58. The first-order valence-corrected chi connectivity index (χ1v) is 13.5. The number of aryl methyl sites for hydroxylation is 1. The van der Waals surface area contributed by atoms with Crippen LogP contribution < -0.4 is 9.54 Å². The third kappa shape index (κ3) is 5.72. The van der Waals surface area contributed by atoms with Crippen molar-refractivity contribution in [3.8, 4) is 5.75 Å². The molecule has 0 saturated carbocycles. The number of ether oxygens (including phenoxy) is 1. The summed E-state index contributed by atoms with van der Waals surface area (Å²) in [6.45, 7) is 7.82. The molecule has 7 nitrogen and oxygen atoms in total. The maximum atomic E-state index is 12.9. The van der Waals surface area contributed by atoms with Crippen molar-refractivity contribution in [1.82, 2.24) is 8.87 Å². The highest BCUT2D eigenvalue weighted by molar-refractivity contribution is 7.89. The Morgan fingerprint density at radius 3 is 2.45 bits per heavy atom. The summed E-state index contributed by atoms with van der Waals surface area (Å²) in [5.41, 5.74) is 1.36. The van der Waals surface area contributed by atoms with Crippen molar-refractivity contribution in [2.24, 2.45) is 4.99 Å². The predicted molar refractivity (Wildman–Crippen MR) is 132 cm³/mol. The molecule has 3 aromatic rings. The van der Waals surface area contributed by atoms with Crippen molar-refractivity contribution in [3.63, 3.8) is 0 Å². The van der Waals surface area contributed by atoms with Crippen LogP contribution in [0.1, 0.15) is 50.4 Å². The average Bonchev–Trinajstić information content (AvgIpc) is 3.14. The van der Waals surface area contributed by atoms with Crippen LogP contribution in [0.25, 0.3) is 10.2 Å². The molecule has 3 rings (SSSR count). The van der Waals surface area contributed by atoms with Gasteiger partial charge in [0.05, 0.1) is 21.7 Å². The van der Waals surface area contributed by atoms with Gasteiger partial charge in [0.1, 0.15) is 5.75 Å². The Hall–Kier alpha value is -2.49. The van der Waals surface area contributed by atoms with Crippen molar-refractivity contribution in [1.29, 1.82) is 0 Å². The van der Waals surface area contributed by atoms with Crippen LogP contribution in [0, 0.1) is 0 Å². The summed E-state index contributed by atoms with van der Waals surface area (Å²) in [6, 6.07) is 11.9. The van der Waals surface area contributed by atoms with Crippen molar-refractivity contribution in [2.75, 3.05) is 20.2 Å². The number of unbranched alkanes of at least 4 members (excludes halogenated alkanes) is 1. The van der Waals surface area contributed by atoms with Gasteiger partial charge in [0, 0.05) is 25.7 Å². The SMILES string of the molecule is CCCCN(C)S(=O)(=O)c1ccc(C(=O)N=c2sc3cc(OCC)ccc3n2CCC)cc1. The van der Waals surface area contributed by atoms with E-state index in [2.05, 4.69) is 11.9 Å². The van der Waals surface area contributed by atoms with E-state index in [4.69, 9.17) is 4.74 Å². The minimum Gasteiger partial charge on any atom is -0.494 e. The molecule has 0 aliphatic carbocycles. The van der Waals surface area contributed by atoms with Crippen LogP contribution in [0.2, 0.25) is 0 Å².